The molecule has 0 radical (unpaired) electrons. The highest BCUT2D eigenvalue weighted by Gasteiger charge is 2.48. The topological polar surface area (TPSA) is 157 Å². The Kier molecular flexibility index (Phi) is 9.52. The molecule has 39 heavy (non-hydrogen) atoms. The number of fused-ring (bicyclic) bond motifs is 1. The minimum Gasteiger partial charge on any atom is -0.484 e. The minimum absolute atomic E-state index is 0.0454. The fourth-order valence-electron chi connectivity index (χ4n) is 4.28. The molecule has 210 valence electrons. The maximum Gasteiger partial charge on any atom is 0.408 e. The third-order valence-corrected chi connectivity index (χ3v) is 6.64. The highest BCUT2D eigenvalue weighted by Crippen LogP contribution is 2.42. The number of Topliss-reactive ketones (excluding diaryl/α,β-unsaturated/α-hetero) is 1. The zero-order valence-corrected chi connectivity index (χ0v) is 22.5. The van der Waals surface area contributed by atoms with Gasteiger partial charge in [-0.15, -0.1) is 0 Å². The van der Waals surface area contributed by atoms with Gasteiger partial charge in [-0.1, -0.05) is 11.6 Å². The lowest BCUT2D eigenvalue weighted by Crippen LogP contribution is -2.57. The van der Waals surface area contributed by atoms with Gasteiger partial charge >= 0.3 is 12.1 Å². The van der Waals surface area contributed by atoms with E-state index in [4.69, 9.17) is 26.8 Å². The minimum atomic E-state index is -1.24. The number of carboxylic acids is 1. The van der Waals surface area contributed by atoms with Crippen molar-refractivity contribution in [3.8, 4) is 5.75 Å². The van der Waals surface area contributed by atoms with Gasteiger partial charge in [0.25, 0.3) is 5.91 Å². The molecule has 2 aromatic carbocycles. The lowest BCUT2D eigenvalue weighted by atomic mass is 9.85. The Balaban J connectivity index is 1.96. The van der Waals surface area contributed by atoms with Crippen LogP contribution in [0.3, 0.4) is 0 Å². The van der Waals surface area contributed by atoms with Gasteiger partial charge in [0.15, 0.2) is 11.9 Å². The van der Waals surface area contributed by atoms with Crippen LogP contribution in [0.1, 0.15) is 72.4 Å². The summed E-state index contributed by atoms with van der Waals surface area (Å²) in [4.78, 5) is 49.9. The maximum atomic E-state index is 13.7. The fraction of sp³-hybridized carbons (Fsp3) is 0.407. The Morgan fingerprint density at radius 2 is 1.85 bits per heavy atom. The van der Waals surface area contributed by atoms with E-state index in [1.54, 1.807) is 26.0 Å². The quantitative estimate of drug-likeness (QED) is 0.249. The third-order valence-electron chi connectivity index (χ3n) is 6.35. The summed E-state index contributed by atoms with van der Waals surface area (Å²) in [5, 5.41) is 14.4. The number of nitrogens with one attached hydrogen (secondary N) is 2. The number of ketones is 1. The van der Waals surface area contributed by atoms with Crippen molar-refractivity contribution in [3.63, 3.8) is 0 Å². The standard InChI is InChI=1S/C27H31ClFN3O7/c1-14(33)15-8-10-21-17(12-15)22(32-24(34)16-7-9-19(29)18(28)13-16)23(27(2,3)39-21)38-26(37)31-20(25(35)36)6-4-5-11-30/h7-10,12-13,20,22-23H,4-6,11,30H2,1-3H3,(H,31,37)(H,32,34)(H,35,36)/t20-,22-,23-/m0/s1. The van der Waals surface area contributed by atoms with E-state index in [2.05, 4.69) is 10.6 Å². The molecule has 0 saturated heterocycles. The molecule has 0 aliphatic carbocycles. The number of alkyl carbamates (subject to hydrolysis) is 1. The van der Waals surface area contributed by atoms with Gasteiger partial charge in [0.05, 0.1) is 11.1 Å². The van der Waals surface area contributed by atoms with Gasteiger partial charge in [-0.05, 0) is 83.0 Å². The Hall–Kier alpha value is -3.70. The van der Waals surface area contributed by atoms with Gasteiger partial charge in [0, 0.05) is 16.7 Å². The van der Waals surface area contributed by atoms with Gasteiger partial charge < -0.3 is 30.9 Å². The Bertz CT molecular complexity index is 1270. The number of rotatable bonds is 10. The summed E-state index contributed by atoms with van der Waals surface area (Å²) in [5.74, 6) is -2.49. The molecule has 12 heteroatoms. The fourth-order valence-corrected chi connectivity index (χ4v) is 4.46. The summed E-state index contributed by atoms with van der Waals surface area (Å²) >= 11 is 5.85. The first kappa shape index (κ1) is 29.9. The van der Waals surface area contributed by atoms with Crippen molar-refractivity contribution in [2.75, 3.05) is 6.54 Å². The molecule has 0 unspecified atom stereocenters. The molecule has 0 saturated carbocycles. The van der Waals surface area contributed by atoms with E-state index < -0.39 is 47.6 Å². The molecule has 1 aliphatic heterocycles. The van der Waals surface area contributed by atoms with E-state index in [-0.39, 0.29) is 22.8 Å². The molecule has 0 bridgehead atoms. The molecular formula is C27H31ClFN3O7. The molecular weight excluding hydrogens is 533 g/mol. The number of nitrogens with two attached hydrogens (primary N) is 1. The number of amides is 2. The number of hydrogen-bond donors (Lipinski definition) is 4. The summed E-state index contributed by atoms with van der Waals surface area (Å²) in [5.41, 5.74) is 5.00. The van der Waals surface area contributed by atoms with E-state index in [9.17, 15) is 28.7 Å². The highest BCUT2D eigenvalue weighted by atomic mass is 35.5. The summed E-state index contributed by atoms with van der Waals surface area (Å²) in [6, 6.07) is 5.87. The van der Waals surface area contributed by atoms with Gasteiger partial charge in [-0.25, -0.2) is 14.0 Å². The second-order valence-electron chi connectivity index (χ2n) is 9.74. The molecule has 2 aromatic rings. The van der Waals surface area contributed by atoms with E-state index >= 15 is 0 Å². The first-order valence-corrected chi connectivity index (χ1v) is 12.7. The Morgan fingerprint density at radius 3 is 2.46 bits per heavy atom. The second-order valence-corrected chi connectivity index (χ2v) is 10.1. The number of halogens is 2. The van der Waals surface area contributed by atoms with Crippen LogP contribution in [-0.2, 0) is 9.53 Å². The zero-order valence-electron chi connectivity index (χ0n) is 21.8. The Labute approximate surface area is 230 Å². The van der Waals surface area contributed by atoms with Crippen molar-refractivity contribution in [1.29, 1.82) is 0 Å². The first-order chi connectivity index (χ1) is 18.3. The number of ether oxygens (including phenoxy) is 2. The Morgan fingerprint density at radius 1 is 1.15 bits per heavy atom. The van der Waals surface area contributed by atoms with E-state index in [0.29, 0.717) is 36.3 Å². The predicted molar refractivity (Wildman–Crippen MR) is 141 cm³/mol. The largest absolute Gasteiger partial charge is 0.484 e. The average molecular weight is 564 g/mol. The zero-order chi connectivity index (χ0) is 28.9. The van der Waals surface area contributed by atoms with Crippen molar-refractivity contribution in [2.45, 2.75) is 63.8 Å². The van der Waals surface area contributed by atoms with E-state index in [1.165, 1.54) is 19.1 Å². The molecule has 2 amide bonds. The lowest BCUT2D eigenvalue weighted by molar-refractivity contribution is -0.139. The molecule has 10 nitrogen and oxygen atoms in total. The maximum absolute atomic E-state index is 13.7. The van der Waals surface area contributed by atoms with Gasteiger partial charge in [0.1, 0.15) is 23.2 Å². The molecule has 1 aliphatic rings. The predicted octanol–water partition coefficient (Wildman–Crippen LogP) is 4.00. The number of unbranched alkanes of at least 4 members (excludes halogenated alkanes) is 1. The third kappa shape index (κ3) is 7.24. The van der Waals surface area contributed by atoms with Crippen molar-refractivity contribution in [3.05, 3.63) is 63.9 Å². The van der Waals surface area contributed by atoms with Crippen LogP contribution in [-0.4, -0.2) is 53.2 Å². The monoisotopic (exact) mass is 563 g/mol. The van der Waals surface area contributed by atoms with Crippen molar-refractivity contribution in [1.82, 2.24) is 10.6 Å². The lowest BCUT2D eigenvalue weighted by Gasteiger charge is -2.44. The van der Waals surface area contributed by atoms with E-state index in [1.807, 2.05) is 0 Å². The van der Waals surface area contributed by atoms with Gasteiger partial charge in [-0.2, -0.15) is 0 Å². The smallest absolute Gasteiger partial charge is 0.408 e. The molecule has 1 heterocycles. The molecule has 3 rings (SSSR count). The number of benzene rings is 2. The SMILES string of the molecule is CC(=O)c1ccc2c(c1)[C@H](NC(=O)c1ccc(F)c(Cl)c1)[C@H](OC(=O)N[C@@H](CCCCN)C(=O)O)C(C)(C)O2. The molecule has 3 atom stereocenters. The van der Waals surface area contributed by atoms with Crippen molar-refractivity contribution >= 4 is 35.4 Å². The normalized spacial score (nSPS) is 18.2. The number of carbonyl (C=O) groups excluding carboxylic acids is 3. The summed E-state index contributed by atoms with van der Waals surface area (Å²) in [6.45, 7) is 5.03. The van der Waals surface area contributed by atoms with Crippen LogP contribution in [0.2, 0.25) is 5.02 Å². The first-order valence-electron chi connectivity index (χ1n) is 12.3. The number of hydrogen-bond acceptors (Lipinski definition) is 7. The summed E-state index contributed by atoms with van der Waals surface area (Å²) < 4.78 is 25.5. The summed E-state index contributed by atoms with van der Waals surface area (Å²) in [6.07, 6.45) is -1.01. The van der Waals surface area contributed by atoms with Crippen molar-refractivity contribution in [2.24, 2.45) is 5.73 Å². The molecule has 0 aromatic heterocycles. The number of aliphatic carboxylic acids is 1. The van der Waals surface area contributed by atoms with Gasteiger partial charge in [-0.3, -0.25) is 9.59 Å². The number of carboxylic acid groups (broad SMARTS) is 1. The van der Waals surface area contributed by atoms with Crippen LogP contribution >= 0.6 is 11.6 Å². The molecule has 0 fully saturated rings. The summed E-state index contributed by atoms with van der Waals surface area (Å²) in [7, 11) is 0. The van der Waals surface area contributed by atoms with E-state index in [0.717, 1.165) is 12.1 Å². The van der Waals surface area contributed by atoms with Crippen LogP contribution in [0, 0.1) is 5.82 Å². The van der Waals surface area contributed by atoms with Crippen molar-refractivity contribution < 1.29 is 38.1 Å². The highest BCUT2D eigenvalue weighted by molar-refractivity contribution is 6.31. The van der Waals surface area contributed by atoms with Crippen LogP contribution in [0.4, 0.5) is 9.18 Å². The van der Waals surface area contributed by atoms with Gasteiger partial charge in [0.2, 0.25) is 0 Å². The van der Waals surface area contributed by atoms with Crippen LogP contribution < -0.4 is 21.1 Å². The van der Waals surface area contributed by atoms with Crippen LogP contribution in [0.15, 0.2) is 36.4 Å². The number of carbonyl (C=O) groups is 4. The van der Waals surface area contributed by atoms with Crippen LogP contribution in [0.5, 0.6) is 5.75 Å². The average Bonchev–Trinajstić information content (AvgIpc) is 2.86. The van der Waals surface area contributed by atoms with Crippen LogP contribution in [0.25, 0.3) is 0 Å². The molecule has 0 spiro atoms. The second kappa shape index (κ2) is 12.4. The molecule has 5 N–H and O–H groups in total.